The third kappa shape index (κ3) is 4.25. The molecule has 0 unspecified atom stereocenters. The second kappa shape index (κ2) is 8.70. The minimum atomic E-state index is -0.301. The summed E-state index contributed by atoms with van der Waals surface area (Å²) in [5, 5.41) is 2.95. The Morgan fingerprint density at radius 2 is 1.91 bits per heavy atom. The van der Waals surface area contributed by atoms with Gasteiger partial charge in [-0.3, -0.25) is 9.78 Å². The van der Waals surface area contributed by atoms with E-state index in [1.807, 2.05) is 47.9 Å². The summed E-state index contributed by atoms with van der Waals surface area (Å²) in [5.74, 6) is 0.267. The van der Waals surface area contributed by atoms with Crippen LogP contribution >= 0.6 is 0 Å². The Kier molecular flexibility index (Phi) is 5.44. The summed E-state index contributed by atoms with van der Waals surface area (Å²) < 4.78 is 20.5. The first-order chi connectivity index (χ1) is 16.1. The van der Waals surface area contributed by atoms with Crippen LogP contribution in [0.3, 0.4) is 0 Å². The maximum Gasteiger partial charge on any atom is 0.255 e. The van der Waals surface area contributed by atoms with Crippen molar-refractivity contribution in [1.29, 1.82) is 0 Å². The zero-order valence-corrected chi connectivity index (χ0v) is 18.0. The molecule has 4 aromatic heterocycles. The highest BCUT2D eigenvalue weighted by Gasteiger charge is 2.15. The van der Waals surface area contributed by atoms with E-state index >= 15 is 0 Å². The monoisotopic (exact) mass is 440 g/mol. The predicted octanol–water partition coefficient (Wildman–Crippen LogP) is 5.08. The van der Waals surface area contributed by atoms with E-state index in [0.717, 1.165) is 28.3 Å². The molecule has 5 aromatic rings. The van der Waals surface area contributed by atoms with Crippen LogP contribution in [0.15, 0.2) is 83.7 Å². The smallest absolute Gasteiger partial charge is 0.255 e. The standard InChI is InChI=1S/C26H21FN4O2/c1-17-15-23(18-4-7-20(27)8-5-18)30-25-22(11-13-31(17)25)26(32)28-12-10-21-9-6-19(16-29-21)24-3-2-14-33-24/h2-9,11,13-16H,10,12H2,1H3,(H,28,32). The van der Waals surface area contributed by atoms with E-state index < -0.39 is 0 Å². The van der Waals surface area contributed by atoms with Gasteiger partial charge in [-0.15, -0.1) is 0 Å². The minimum absolute atomic E-state index is 0.201. The summed E-state index contributed by atoms with van der Waals surface area (Å²) in [6.07, 6.45) is 5.82. The number of nitrogens with zero attached hydrogens (tertiary/aromatic N) is 3. The molecule has 33 heavy (non-hydrogen) atoms. The summed E-state index contributed by atoms with van der Waals surface area (Å²) in [7, 11) is 0. The van der Waals surface area contributed by atoms with Gasteiger partial charge in [-0.1, -0.05) is 0 Å². The quantitative estimate of drug-likeness (QED) is 0.400. The van der Waals surface area contributed by atoms with Gasteiger partial charge in [0.25, 0.3) is 5.91 Å². The number of hydrogen-bond acceptors (Lipinski definition) is 4. The van der Waals surface area contributed by atoms with Gasteiger partial charge in [-0.25, -0.2) is 9.37 Å². The van der Waals surface area contributed by atoms with Crippen LogP contribution < -0.4 is 5.32 Å². The molecule has 0 aliphatic rings. The molecule has 0 radical (unpaired) electrons. The number of halogens is 1. The number of amides is 1. The Balaban J connectivity index is 1.29. The van der Waals surface area contributed by atoms with Gasteiger partial charge in [0.2, 0.25) is 0 Å². The van der Waals surface area contributed by atoms with Crippen LogP contribution in [0.4, 0.5) is 4.39 Å². The van der Waals surface area contributed by atoms with Crippen molar-refractivity contribution < 1.29 is 13.6 Å². The second-order valence-corrected chi connectivity index (χ2v) is 7.73. The molecule has 0 saturated carbocycles. The van der Waals surface area contributed by atoms with Crippen LogP contribution in [-0.4, -0.2) is 26.8 Å². The van der Waals surface area contributed by atoms with E-state index in [1.165, 1.54) is 12.1 Å². The van der Waals surface area contributed by atoms with Gasteiger partial charge in [0.1, 0.15) is 17.2 Å². The van der Waals surface area contributed by atoms with Gasteiger partial charge in [0, 0.05) is 47.9 Å². The van der Waals surface area contributed by atoms with Gasteiger partial charge in [-0.05, 0) is 67.6 Å². The molecule has 0 atom stereocenters. The van der Waals surface area contributed by atoms with E-state index in [0.29, 0.717) is 29.9 Å². The number of furan rings is 1. The average Bonchev–Trinajstić information content (AvgIpc) is 3.51. The Morgan fingerprint density at radius 1 is 1.09 bits per heavy atom. The van der Waals surface area contributed by atoms with Crippen molar-refractivity contribution in [2.45, 2.75) is 13.3 Å². The molecule has 1 N–H and O–H groups in total. The highest BCUT2D eigenvalue weighted by molar-refractivity contribution is 6.00. The molecule has 0 aliphatic carbocycles. The predicted molar refractivity (Wildman–Crippen MR) is 123 cm³/mol. The third-order valence-electron chi connectivity index (χ3n) is 5.49. The molecule has 1 aromatic carbocycles. The topological polar surface area (TPSA) is 72.4 Å². The second-order valence-electron chi connectivity index (χ2n) is 7.73. The molecule has 164 valence electrons. The number of benzene rings is 1. The molecule has 0 saturated heterocycles. The van der Waals surface area contributed by atoms with Gasteiger partial charge in [0.15, 0.2) is 0 Å². The molecule has 7 heteroatoms. The Hall–Kier alpha value is -4.26. The zero-order valence-electron chi connectivity index (χ0n) is 18.0. The summed E-state index contributed by atoms with van der Waals surface area (Å²) in [6, 6.07) is 17.4. The van der Waals surface area contributed by atoms with Crippen LogP contribution in [-0.2, 0) is 6.42 Å². The van der Waals surface area contributed by atoms with Crippen LogP contribution in [0.2, 0.25) is 0 Å². The SMILES string of the molecule is Cc1cc(-c2ccc(F)cc2)nc2c(C(=O)NCCc3ccc(-c4ccco4)cn3)ccn12. The van der Waals surface area contributed by atoms with E-state index in [2.05, 4.69) is 15.3 Å². The number of fused-ring (bicyclic) bond motifs is 1. The highest BCUT2D eigenvalue weighted by atomic mass is 19.1. The van der Waals surface area contributed by atoms with Crippen LogP contribution in [0, 0.1) is 12.7 Å². The number of pyridine rings is 1. The normalized spacial score (nSPS) is 11.1. The van der Waals surface area contributed by atoms with Gasteiger partial charge >= 0.3 is 0 Å². The van der Waals surface area contributed by atoms with Crippen molar-refractivity contribution in [3.63, 3.8) is 0 Å². The van der Waals surface area contributed by atoms with Crippen molar-refractivity contribution in [2.75, 3.05) is 6.54 Å². The van der Waals surface area contributed by atoms with Crippen molar-refractivity contribution in [3.05, 3.63) is 102 Å². The molecule has 5 rings (SSSR count). The van der Waals surface area contributed by atoms with E-state index in [-0.39, 0.29) is 11.7 Å². The zero-order chi connectivity index (χ0) is 22.8. The Labute approximate surface area is 189 Å². The molecule has 0 aliphatic heterocycles. The fourth-order valence-electron chi connectivity index (χ4n) is 3.74. The molecular weight excluding hydrogens is 419 g/mol. The Bertz CT molecular complexity index is 1410. The lowest BCUT2D eigenvalue weighted by Gasteiger charge is -2.08. The Morgan fingerprint density at radius 3 is 2.64 bits per heavy atom. The highest BCUT2D eigenvalue weighted by Crippen LogP contribution is 2.22. The van der Waals surface area contributed by atoms with Gasteiger partial charge < -0.3 is 14.1 Å². The maximum absolute atomic E-state index is 13.3. The molecule has 4 heterocycles. The van der Waals surface area contributed by atoms with Crippen LogP contribution in [0.5, 0.6) is 0 Å². The lowest BCUT2D eigenvalue weighted by molar-refractivity contribution is 0.0955. The van der Waals surface area contributed by atoms with E-state index in [1.54, 1.807) is 30.7 Å². The van der Waals surface area contributed by atoms with Gasteiger partial charge in [0.05, 0.1) is 17.5 Å². The first kappa shape index (κ1) is 20.6. The third-order valence-corrected chi connectivity index (χ3v) is 5.49. The molecule has 0 bridgehead atoms. The fourth-order valence-corrected chi connectivity index (χ4v) is 3.74. The lowest BCUT2D eigenvalue weighted by Crippen LogP contribution is -2.26. The first-order valence-corrected chi connectivity index (χ1v) is 10.6. The number of nitrogens with one attached hydrogen (secondary N) is 1. The molecule has 6 nitrogen and oxygen atoms in total. The summed E-state index contributed by atoms with van der Waals surface area (Å²) in [4.78, 5) is 22.0. The van der Waals surface area contributed by atoms with Gasteiger partial charge in [-0.2, -0.15) is 0 Å². The van der Waals surface area contributed by atoms with E-state index in [4.69, 9.17) is 4.42 Å². The first-order valence-electron chi connectivity index (χ1n) is 10.6. The molecule has 1 amide bonds. The van der Waals surface area contributed by atoms with Crippen molar-refractivity contribution >= 4 is 11.6 Å². The maximum atomic E-state index is 13.3. The molecule has 0 fully saturated rings. The number of carbonyl (C=O) groups is 1. The van der Waals surface area contributed by atoms with Crippen LogP contribution in [0.25, 0.3) is 28.2 Å². The summed E-state index contributed by atoms with van der Waals surface area (Å²) in [6.45, 7) is 2.39. The number of hydrogen-bond donors (Lipinski definition) is 1. The number of aromatic nitrogens is 3. The van der Waals surface area contributed by atoms with Crippen LogP contribution in [0.1, 0.15) is 21.7 Å². The number of aryl methyl sites for hydroxylation is 1. The van der Waals surface area contributed by atoms with Crippen molar-refractivity contribution in [3.8, 4) is 22.6 Å². The largest absolute Gasteiger partial charge is 0.464 e. The number of carbonyl (C=O) groups excluding carboxylic acids is 1. The average molecular weight is 440 g/mol. The van der Waals surface area contributed by atoms with E-state index in [9.17, 15) is 9.18 Å². The fraction of sp³-hybridized carbons (Fsp3) is 0.115. The molecule has 0 spiro atoms. The van der Waals surface area contributed by atoms with Crippen molar-refractivity contribution in [2.24, 2.45) is 0 Å². The lowest BCUT2D eigenvalue weighted by atomic mass is 10.1. The molecular formula is C26H21FN4O2. The summed E-state index contributed by atoms with van der Waals surface area (Å²) >= 11 is 0. The minimum Gasteiger partial charge on any atom is -0.464 e. The summed E-state index contributed by atoms with van der Waals surface area (Å²) in [5.41, 5.74) is 5.24. The van der Waals surface area contributed by atoms with Crippen molar-refractivity contribution in [1.82, 2.24) is 19.7 Å². The number of rotatable bonds is 6.